The van der Waals surface area contributed by atoms with Gasteiger partial charge in [0.1, 0.15) is 17.5 Å². The molecule has 0 saturated carbocycles. The molecule has 0 aliphatic carbocycles. The predicted octanol–water partition coefficient (Wildman–Crippen LogP) is 1.83. The van der Waals surface area contributed by atoms with Crippen LogP contribution in [0.4, 0.5) is 0 Å². The molecule has 1 rings (SSSR count). The minimum absolute atomic E-state index is 0.173. The maximum Gasteiger partial charge on any atom is 0.315 e. The summed E-state index contributed by atoms with van der Waals surface area (Å²) in [6.45, 7) is 1.81. The van der Waals surface area contributed by atoms with Gasteiger partial charge in [0, 0.05) is 6.42 Å². The molecule has 1 unspecified atom stereocenters. The molecule has 0 radical (unpaired) electrons. The molecule has 0 aliphatic rings. The second-order valence-electron chi connectivity index (χ2n) is 3.62. The van der Waals surface area contributed by atoms with Crippen LogP contribution in [-0.2, 0) is 14.3 Å². The van der Waals surface area contributed by atoms with E-state index in [4.69, 9.17) is 4.74 Å². The summed E-state index contributed by atoms with van der Waals surface area (Å²) in [5, 5.41) is 0. The highest BCUT2D eigenvalue weighted by Crippen LogP contribution is 2.09. The normalized spacial score (nSPS) is 11.6. The van der Waals surface area contributed by atoms with E-state index in [1.165, 1.54) is 14.0 Å². The molecule has 0 saturated heterocycles. The predicted molar refractivity (Wildman–Crippen MR) is 62.7 cm³/mol. The zero-order valence-electron chi connectivity index (χ0n) is 10.0. The first kappa shape index (κ1) is 13.2. The molecule has 0 N–H and O–H groups in total. The van der Waals surface area contributed by atoms with Crippen LogP contribution in [0, 0.1) is 5.92 Å². The largest absolute Gasteiger partial charge is 0.493 e. The van der Waals surface area contributed by atoms with Crippen LogP contribution in [0.15, 0.2) is 30.3 Å². The molecule has 0 amide bonds. The van der Waals surface area contributed by atoms with Crippen LogP contribution in [0.1, 0.15) is 13.3 Å². The van der Waals surface area contributed by atoms with Crippen LogP contribution in [0.3, 0.4) is 0 Å². The van der Waals surface area contributed by atoms with Crippen molar-refractivity contribution in [3.8, 4) is 5.75 Å². The number of esters is 1. The summed E-state index contributed by atoms with van der Waals surface area (Å²) in [6.07, 6.45) is 0.200. The molecule has 4 heteroatoms. The van der Waals surface area contributed by atoms with Gasteiger partial charge in [0.25, 0.3) is 0 Å². The lowest BCUT2D eigenvalue weighted by Gasteiger charge is -2.09. The van der Waals surface area contributed by atoms with E-state index in [0.717, 1.165) is 0 Å². The number of hydrogen-bond donors (Lipinski definition) is 0. The Bertz CT molecular complexity index is 372. The fraction of sp³-hybridized carbons (Fsp3) is 0.385. The number of carbonyl (C=O) groups excluding carboxylic acids is 2. The number of ketones is 1. The second kappa shape index (κ2) is 6.68. The number of hydrogen-bond acceptors (Lipinski definition) is 4. The SMILES string of the molecule is COC(=O)C(C)C(=O)CCOc1ccccc1. The van der Waals surface area contributed by atoms with Crippen molar-refractivity contribution in [2.75, 3.05) is 13.7 Å². The molecule has 92 valence electrons. The molecular weight excluding hydrogens is 220 g/mol. The molecule has 0 heterocycles. The first-order valence-electron chi connectivity index (χ1n) is 5.43. The molecule has 4 nitrogen and oxygen atoms in total. The highest BCUT2D eigenvalue weighted by Gasteiger charge is 2.21. The van der Waals surface area contributed by atoms with Crippen LogP contribution < -0.4 is 4.74 Å². The van der Waals surface area contributed by atoms with Crippen molar-refractivity contribution in [3.63, 3.8) is 0 Å². The molecule has 17 heavy (non-hydrogen) atoms. The van der Waals surface area contributed by atoms with E-state index in [2.05, 4.69) is 4.74 Å². The van der Waals surface area contributed by atoms with Crippen molar-refractivity contribution in [1.82, 2.24) is 0 Å². The Morgan fingerprint density at radius 2 is 1.88 bits per heavy atom. The number of ether oxygens (including phenoxy) is 2. The lowest BCUT2D eigenvalue weighted by Crippen LogP contribution is -2.23. The number of carbonyl (C=O) groups is 2. The van der Waals surface area contributed by atoms with Crippen LogP contribution >= 0.6 is 0 Å². The van der Waals surface area contributed by atoms with Gasteiger partial charge in [-0.2, -0.15) is 0 Å². The summed E-state index contributed by atoms with van der Waals surface area (Å²) in [5.74, 6) is -0.687. The quantitative estimate of drug-likeness (QED) is 0.558. The number of rotatable bonds is 6. The smallest absolute Gasteiger partial charge is 0.315 e. The van der Waals surface area contributed by atoms with E-state index in [9.17, 15) is 9.59 Å². The first-order chi connectivity index (χ1) is 8.15. The van der Waals surface area contributed by atoms with Gasteiger partial charge in [0.15, 0.2) is 0 Å². The lowest BCUT2D eigenvalue weighted by molar-refractivity contribution is -0.148. The molecule has 0 aromatic heterocycles. The highest BCUT2D eigenvalue weighted by molar-refractivity contribution is 5.98. The Kier molecular flexibility index (Phi) is 5.20. The van der Waals surface area contributed by atoms with Gasteiger partial charge < -0.3 is 9.47 Å². The van der Waals surface area contributed by atoms with Gasteiger partial charge in [-0.1, -0.05) is 18.2 Å². The zero-order chi connectivity index (χ0) is 12.7. The van der Waals surface area contributed by atoms with Crippen LogP contribution in [0.5, 0.6) is 5.75 Å². The van der Waals surface area contributed by atoms with E-state index < -0.39 is 11.9 Å². The van der Waals surface area contributed by atoms with Gasteiger partial charge in [-0.3, -0.25) is 9.59 Å². The molecule has 1 aromatic rings. The highest BCUT2D eigenvalue weighted by atomic mass is 16.5. The third kappa shape index (κ3) is 4.26. The molecule has 0 fully saturated rings. The minimum Gasteiger partial charge on any atom is -0.493 e. The number of para-hydroxylation sites is 1. The molecule has 1 aromatic carbocycles. The first-order valence-corrected chi connectivity index (χ1v) is 5.43. The number of benzene rings is 1. The summed E-state index contributed by atoms with van der Waals surface area (Å²) in [7, 11) is 1.27. The number of methoxy groups -OCH3 is 1. The summed E-state index contributed by atoms with van der Waals surface area (Å²) in [6, 6.07) is 9.22. The molecule has 0 aliphatic heterocycles. The van der Waals surface area contributed by atoms with Gasteiger partial charge in [-0.05, 0) is 19.1 Å². The third-order valence-corrected chi connectivity index (χ3v) is 2.40. The number of Topliss-reactive ketones (excluding diaryl/α,β-unsaturated/α-hetero) is 1. The molecule has 1 atom stereocenters. The zero-order valence-corrected chi connectivity index (χ0v) is 10.0. The van der Waals surface area contributed by atoms with E-state index >= 15 is 0 Å². The van der Waals surface area contributed by atoms with E-state index in [0.29, 0.717) is 5.75 Å². The Balaban J connectivity index is 2.32. The fourth-order valence-corrected chi connectivity index (χ4v) is 1.31. The average molecular weight is 236 g/mol. The molecular formula is C13H16O4. The van der Waals surface area contributed by atoms with Crippen molar-refractivity contribution in [2.45, 2.75) is 13.3 Å². The Morgan fingerprint density at radius 1 is 1.24 bits per heavy atom. The Labute approximate surface area is 101 Å². The summed E-state index contributed by atoms with van der Waals surface area (Å²) >= 11 is 0. The minimum atomic E-state index is -0.723. The standard InChI is InChI=1S/C13H16O4/c1-10(13(15)16-2)12(14)8-9-17-11-6-4-3-5-7-11/h3-7,10H,8-9H2,1-2H3. The van der Waals surface area contributed by atoms with Gasteiger partial charge in [0.2, 0.25) is 0 Å². The monoisotopic (exact) mass is 236 g/mol. The molecule has 0 spiro atoms. The van der Waals surface area contributed by atoms with Crippen LogP contribution in [-0.4, -0.2) is 25.5 Å². The van der Waals surface area contributed by atoms with Crippen molar-refractivity contribution in [1.29, 1.82) is 0 Å². The second-order valence-corrected chi connectivity index (χ2v) is 3.62. The van der Waals surface area contributed by atoms with Crippen molar-refractivity contribution in [3.05, 3.63) is 30.3 Å². The summed E-state index contributed by atoms with van der Waals surface area (Å²) < 4.78 is 9.86. The van der Waals surface area contributed by atoms with E-state index in [1.54, 1.807) is 0 Å². The topological polar surface area (TPSA) is 52.6 Å². The average Bonchev–Trinajstić information content (AvgIpc) is 2.38. The third-order valence-electron chi connectivity index (χ3n) is 2.40. The maximum absolute atomic E-state index is 11.6. The molecule has 0 bridgehead atoms. The van der Waals surface area contributed by atoms with Gasteiger partial charge in [-0.25, -0.2) is 0 Å². The summed E-state index contributed by atoms with van der Waals surface area (Å²) in [5.41, 5.74) is 0. The van der Waals surface area contributed by atoms with Crippen molar-refractivity contribution in [2.24, 2.45) is 5.92 Å². The van der Waals surface area contributed by atoms with Crippen LogP contribution in [0.25, 0.3) is 0 Å². The van der Waals surface area contributed by atoms with E-state index in [1.807, 2.05) is 30.3 Å². The summed E-state index contributed by atoms with van der Waals surface area (Å²) in [4.78, 5) is 22.7. The van der Waals surface area contributed by atoms with Gasteiger partial charge >= 0.3 is 5.97 Å². The van der Waals surface area contributed by atoms with Gasteiger partial charge in [-0.15, -0.1) is 0 Å². The van der Waals surface area contributed by atoms with Crippen molar-refractivity contribution < 1.29 is 19.1 Å². The van der Waals surface area contributed by atoms with E-state index in [-0.39, 0.29) is 18.8 Å². The lowest BCUT2D eigenvalue weighted by atomic mass is 10.1. The Morgan fingerprint density at radius 3 is 2.47 bits per heavy atom. The fourth-order valence-electron chi connectivity index (χ4n) is 1.31. The van der Waals surface area contributed by atoms with Crippen LogP contribution in [0.2, 0.25) is 0 Å². The van der Waals surface area contributed by atoms with Gasteiger partial charge in [0.05, 0.1) is 13.7 Å². The maximum atomic E-state index is 11.6. The van der Waals surface area contributed by atoms with Crippen molar-refractivity contribution >= 4 is 11.8 Å². The Hall–Kier alpha value is -1.84.